The van der Waals surface area contributed by atoms with Gasteiger partial charge < -0.3 is 4.43 Å². The molecule has 0 N–H and O–H groups in total. The zero-order valence-corrected chi connectivity index (χ0v) is 19.9. The van der Waals surface area contributed by atoms with Crippen LogP contribution in [0.15, 0.2) is 24.3 Å². The smallest absolute Gasteiger partial charge is 0.247 e. The molecule has 0 amide bonds. The fraction of sp³-hybridized carbons (Fsp3) is 0.654. The molecule has 2 aliphatic rings. The van der Waals surface area contributed by atoms with Crippen LogP contribution in [-0.4, -0.2) is 16.3 Å². The molecule has 2 fully saturated rings. The highest BCUT2D eigenvalue weighted by atomic mass is 28.2. The summed E-state index contributed by atoms with van der Waals surface area (Å²) in [7, 11) is 3.31. The number of carbonyl (C=O) groups is 1. The summed E-state index contributed by atoms with van der Waals surface area (Å²) in [6.07, 6.45) is 5.17. The fourth-order valence-electron chi connectivity index (χ4n) is 5.63. The number of ketones is 1. The summed E-state index contributed by atoms with van der Waals surface area (Å²) in [5, 5.41) is 0. The van der Waals surface area contributed by atoms with Crippen LogP contribution >= 0.6 is 0 Å². The lowest BCUT2D eigenvalue weighted by atomic mass is 9.62. The van der Waals surface area contributed by atoms with Gasteiger partial charge >= 0.3 is 0 Å². The monoisotopic (exact) mass is 407 g/mol. The number of fused-ring (bicyclic) bond motifs is 1. The molecule has 0 aromatic heterocycles. The third kappa shape index (κ3) is 3.99. The molecule has 1 aromatic rings. The molecule has 2 saturated carbocycles. The summed E-state index contributed by atoms with van der Waals surface area (Å²) in [5.74, 6) is 8.52. The molecule has 3 rings (SSSR count). The molecule has 29 heavy (non-hydrogen) atoms. The van der Waals surface area contributed by atoms with Crippen molar-refractivity contribution in [1.82, 2.24) is 0 Å². The van der Waals surface area contributed by atoms with Crippen molar-refractivity contribution in [3.8, 4) is 11.8 Å². The maximum absolute atomic E-state index is 12.4. The van der Waals surface area contributed by atoms with Crippen LogP contribution in [0.2, 0.25) is 0 Å². The molecule has 3 heteroatoms. The Morgan fingerprint density at radius 1 is 1.24 bits per heavy atom. The molecular weight excluding hydrogens is 372 g/mol. The van der Waals surface area contributed by atoms with Gasteiger partial charge in [0.25, 0.3) is 0 Å². The molecular formula is C26H35O2Si. The van der Waals surface area contributed by atoms with Gasteiger partial charge in [0.1, 0.15) is 5.78 Å². The highest BCUT2D eigenvalue weighted by Crippen LogP contribution is 2.56. The van der Waals surface area contributed by atoms with Gasteiger partial charge in [-0.1, -0.05) is 58.6 Å². The van der Waals surface area contributed by atoms with E-state index in [-0.39, 0.29) is 16.7 Å². The maximum atomic E-state index is 12.4. The summed E-state index contributed by atoms with van der Waals surface area (Å²) < 4.78 is 5.76. The first-order valence-electron chi connectivity index (χ1n) is 11.0. The number of rotatable bonds is 3. The summed E-state index contributed by atoms with van der Waals surface area (Å²) in [5.41, 5.74) is 1.74. The topological polar surface area (TPSA) is 26.3 Å². The standard InChI is InChI=1S/C26H35O2Si/c1-18(21-14-15-22-23(27)11-8-16-25(21,22)5)12-13-19-9-7-10-20(17-19)26(6,28-29)24(2,3)4/h7,9-10,17-18,21-22H,8,11,14-16H2,1-6H3/t18-,21+,22-,25+,26?/m0/s1. The molecule has 0 aliphatic heterocycles. The van der Waals surface area contributed by atoms with E-state index in [1.165, 1.54) is 6.42 Å². The Morgan fingerprint density at radius 2 is 1.97 bits per heavy atom. The summed E-state index contributed by atoms with van der Waals surface area (Å²) >= 11 is 0. The minimum atomic E-state index is -0.457. The molecule has 0 bridgehead atoms. The zero-order valence-electron chi connectivity index (χ0n) is 18.9. The Kier molecular flexibility index (Phi) is 6.19. The zero-order chi connectivity index (χ0) is 21.4. The Balaban J connectivity index is 1.83. The predicted octanol–water partition coefficient (Wildman–Crippen LogP) is 5.82. The van der Waals surface area contributed by atoms with E-state index in [1.807, 2.05) is 0 Å². The average Bonchev–Trinajstić information content (AvgIpc) is 3.03. The lowest BCUT2D eigenvalue weighted by molar-refractivity contribution is -0.129. The van der Waals surface area contributed by atoms with Gasteiger partial charge in [-0.25, -0.2) is 0 Å². The molecule has 3 radical (unpaired) electrons. The van der Waals surface area contributed by atoms with Gasteiger partial charge in [0.2, 0.25) is 10.5 Å². The quantitative estimate of drug-likeness (QED) is 0.466. The number of hydrogen-bond acceptors (Lipinski definition) is 2. The summed E-state index contributed by atoms with van der Waals surface area (Å²) in [4.78, 5) is 12.4. The second kappa shape index (κ2) is 8.04. The first-order valence-corrected chi connectivity index (χ1v) is 11.4. The van der Waals surface area contributed by atoms with Gasteiger partial charge in [-0.05, 0) is 67.1 Å². The second-order valence-corrected chi connectivity index (χ2v) is 10.8. The van der Waals surface area contributed by atoms with Crippen LogP contribution < -0.4 is 0 Å². The minimum absolute atomic E-state index is 0.0743. The van der Waals surface area contributed by atoms with E-state index in [0.717, 1.165) is 36.8 Å². The molecule has 5 atom stereocenters. The molecule has 0 saturated heterocycles. The van der Waals surface area contributed by atoms with Crippen molar-refractivity contribution in [2.24, 2.45) is 28.6 Å². The van der Waals surface area contributed by atoms with E-state index in [2.05, 4.69) is 88.1 Å². The van der Waals surface area contributed by atoms with E-state index in [1.54, 1.807) is 0 Å². The lowest BCUT2D eigenvalue weighted by Gasteiger charge is -2.41. The van der Waals surface area contributed by atoms with E-state index in [9.17, 15) is 4.79 Å². The number of Topliss-reactive ketones (excluding diaryl/α,β-unsaturated/α-hetero) is 1. The summed E-state index contributed by atoms with van der Waals surface area (Å²) in [6.45, 7) is 13.2. The molecule has 2 aliphatic carbocycles. The highest BCUT2D eigenvalue weighted by Gasteiger charge is 2.52. The van der Waals surface area contributed by atoms with E-state index >= 15 is 0 Å². The maximum Gasteiger partial charge on any atom is 0.247 e. The Labute approximate surface area is 180 Å². The third-order valence-electron chi connectivity index (χ3n) is 8.03. The first-order chi connectivity index (χ1) is 13.5. The van der Waals surface area contributed by atoms with Crippen molar-refractivity contribution in [2.75, 3.05) is 0 Å². The van der Waals surface area contributed by atoms with Crippen molar-refractivity contribution in [3.05, 3.63) is 35.4 Å². The van der Waals surface area contributed by atoms with Crippen LogP contribution in [0.1, 0.15) is 84.8 Å². The van der Waals surface area contributed by atoms with Gasteiger partial charge in [-0.2, -0.15) is 0 Å². The molecule has 1 aromatic carbocycles. The minimum Gasteiger partial charge on any atom is -0.409 e. The molecule has 0 heterocycles. The average molecular weight is 408 g/mol. The van der Waals surface area contributed by atoms with Crippen LogP contribution in [-0.2, 0) is 14.8 Å². The van der Waals surface area contributed by atoms with Crippen LogP contribution in [0.5, 0.6) is 0 Å². The SMILES string of the molecule is C[C@@H](C#Cc1cccc(C(C)(O[Si])C(C)(C)C)c1)[C@H]1CC[C@H]2C(=O)CCC[C@]12C. The van der Waals surface area contributed by atoms with Gasteiger partial charge in [-0.3, -0.25) is 4.79 Å². The fourth-order valence-corrected chi connectivity index (χ4v) is 6.05. The number of carbonyl (C=O) groups excluding carboxylic acids is 1. The van der Waals surface area contributed by atoms with Crippen molar-refractivity contribution in [3.63, 3.8) is 0 Å². The van der Waals surface area contributed by atoms with E-state index < -0.39 is 5.60 Å². The molecule has 155 valence electrons. The Morgan fingerprint density at radius 3 is 2.62 bits per heavy atom. The second-order valence-electron chi connectivity index (χ2n) is 10.6. The van der Waals surface area contributed by atoms with Crippen LogP contribution in [0.3, 0.4) is 0 Å². The Hall–Kier alpha value is -1.37. The van der Waals surface area contributed by atoms with Crippen molar-refractivity contribution >= 4 is 16.3 Å². The van der Waals surface area contributed by atoms with Crippen molar-refractivity contribution in [1.29, 1.82) is 0 Å². The van der Waals surface area contributed by atoms with Crippen molar-refractivity contribution in [2.45, 2.75) is 79.2 Å². The number of hydrogen-bond donors (Lipinski definition) is 0. The molecule has 0 spiro atoms. The van der Waals surface area contributed by atoms with Crippen LogP contribution in [0.4, 0.5) is 0 Å². The Bertz CT molecular complexity index is 827. The number of benzene rings is 1. The van der Waals surface area contributed by atoms with Crippen molar-refractivity contribution < 1.29 is 9.22 Å². The van der Waals surface area contributed by atoms with Gasteiger partial charge in [0.15, 0.2) is 0 Å². The molecule has 1 unspecified atom stereocenters. The third-order valence-corrected chi connectivity index (χ3v) is 8.44. The van der Waals surface area contributed by atoms with Gasteiger partial charge in [-0.15, -0.1) is 0 Å². The van der Waals surface area contributed by atoms with Crippen LogP contribution in [0, 0.1) is 40.4 Å². The normalized spacial score (nSPS) is 30.1. The van der Waals surface area contributed by atoms with Gasteiger partial charge in [0.05, 0.1) is 5.60 Å². The lowest BCUT2D eigenvalue weighted by Crippen LogP contribution is -2.39. The largest absolute Gasteiger partial charge is 0.409 e. The highest BCUT2D eigenvalue weighted by molar-refractivity contribution is 5.98. The van der Waals surface area contributed by atoms with E-state index in [4.69, 9.17) is 4.43 Å². The summed E-state index contributed by atoms with van der Waals surface area (Å²) in [6, 6.07) is 8.39. The molecule has 2 nitrogen and oxygen atoms in total. The van der Waals surface area contributed by atoms with Gasteiger partial charge in [0, 0.05) is 23.8 Å². The predicted molar refractivity (Wildman–Crippen MR) is 119 cm³/mol. The first kappa shape index (κ1) is 22.3. The van der Waals surface area contributed by atoms with Crippen LogP contribution in [0.25, 0.3) is 0 Å². The van der Waals surface area contributed by atoms with E-state index in [0.29, 0.717) is 17.6 Å².